The number of hydrogen-bond acceptors (Lipinski definition) is 5. The van der Waals surface area contributed by atoms with Crippen LogP contribution in [0.15, 0.2) is 22.9 Å². The first kappa shape index (κ1) is 17.7. The molecule has 2 amide bonds. The molecule has 0 saturated carbocycles. The molecule has 6 rings (SSSR count). The van der Waals surface area contributed by atoms with Gasteiger partial charge in [-0.25, -0.2) is 4.98 Å². The number of aromatic nitrogens is 1. The zero-order valence-electron chi connectivity index (χ0n) is 16.2. The number of nitrogens with one attached hydrogen (secondary N) is 1. The van der Waals surface area contributed by atoms with Crippen molar-refractivity contribution in [3.63, 3.8) is 0 Å². The first-order valence-electron chi connectivity index (χ1n) is 10.3. The number of rotatable bonds is 3. The molecule has 0 aromatic carbocycles. The molecule has 6 heterocycles. The summed E-state index contributed by atoms with van der Waals surface area (Å²) in [6, 6.07) is 2.20. The summed E-state index contributed by atoms with van der Waals surface area (Å²) in [5.74, 6) is 0.335. The van der Waals surface area contributed by atoms with Crippen molar-refractivity contribution in [1.29, 1.82) is 0 Å². The Bertz CT molecular complexity index is 908. The average Bonchev–Trinajstić information content (AvgIpc) is 3.40. The van der Waals surface area contributed by atoms with Gasteiger partial charge in [0.1, 0.15) is 12.0 Å². The highest BCUT2D eigenvalue weighted by molar-refractivity contribution is 6.07. The lowest BCUT2D eigenvalue weighted by Crippen LogP contribution is -2.62. The molecule has 148 valence electrons. The Kier molecular flexibility index (Phi) is 4.34. The van der Waals surface area contributed by atoms with Crippen LogP contribution in [0.1, 0.15) is 53.5 Å². The Morgan fingerprint density at radius 2 is 1.93 bits per heavy atom. The van der Waals surface area contributed by atoms with Crippen LogP contribution in [0.25, 0.3) is 11.0 Å². The number of carbonyl (C=O) groups excluding carboxylic acids is 2. The third kappa shape index (κ3) is 2.89. The molecule has 4 aliphatic rings. The third-order valence-electron chi connectivity index (χ3n) is 6.79. The number of piperidine rings is 3. The molecule has 7 heteroatoms. The van der Waals surface area contributed by atoms with Crippen molar-refractivity contribution < 1.29 is 14.0 Å². The minimum absolute atomic E-state index is 0.0279. The predicted molar refractivity (Wildman–Crippen MR) is 104 cm³/mol. The fraction of sp³-hybridized carbons (Fsp3) is 0.571. The van der Waals surface area contributed by atoms with E-state index in [0.29, 0.717) is 34.2 Å². The van der Waals surface area contributed by atoms with Gasteiger partial charge in [-0.1, -0.05) is 0 Å². The lowest BCUT2D eigenvalue weighted by molar-refractivity contribution is 0.0216. The average molecular weight is 382 g/mol. The number of amides is 2. The van der Waals surface area contributed by atoms with Gasteiger partial charge in [0.15, 0.2) is 5.58 Å². The number of pyridine rings is 1. The van der Waals surface area contributed by atoms with E-state index in [0.717, 1.165) is 51.9 Å². The monoisotopic (exact) mass is 382 g/mol. The quantitative estimate of drug-likeness (QED) is 0.881. The molecular weight excluding hydrogens is 356 g/mol. The number of furan rings is 1. The van der Waals surface area contributed by atoms with E-state index in [2.05, 4.69) is 22.1 Å². The van der Waals surface area contributed by atoms with Crippen LogP contribution in [-0.2, 0) is 0 Å². The van der Waals surface area contributed by atoms with E-state index in [9.17, 15) is 9.59 Å². The Morgan fingerprint density at radius 3 is 2.64 bits per heavy atom. The maximum Gasteiger partial charge on any atom is 0.270 e. The van der Waals surface area contributed by atoms with Crippen LogP contribution in [0.2, 0.25) is 0 Å². The maximum absolute atomic E-state index is 12.9. The molecule has 0 radical (unpaired) electrons. The Hall–Kier alpha value is -2.41. The van der Waals surface area contributed by atoms with Crippen molar-refractivity contribution >= 4 is 22.8 Å². The summed E-state index contributed by atoms with van der Waals surface area (Å²) in [5.41, 5.74) is 1.40. The first-order valence-corrected chi connectivity index (χ1v) is 10.3. The molecule has 0 unspecified atom stereocenters. The standard InChI is InChI=1S/C21H26N4O3/c1-13-19(14-4-8-24(13)9-5-14)23-20(26)17-10-15-16(12-28-18(15)11-22-17)21(27)25-6-2-3-7-25/h10-14,19H,2-9H2,1H3,(H,23,26)/t13-,19-/m0/s1. The van der Waals surface area contributed by atoms with Gasteiger partial charge in [0.25, 0.3) is 11.8 Å². The highest BCUT2D eigenvalue weighted by Gasteiger charge is 2.40. The number of hydrogen-bond donors (Lipinski definition) is 1. The highest BCUT2D eigenvalue weighted by atomic mass is 16.3. The molecule has 0 spiro atoms. The molecule has 28 heavy (non-hydrogen) atoms. The Labute approximate surface area is 164 Å². The van der Waals surface area contributed by atoms with E-state index in [1.54, 1.807) is 12.3 Å². The zero-order valence-corrected chi connectivity index (χ0v) is 16.2. The van der Waals surface area contributed by atoms with Crippen molar-refractivity contribution in [2.24, 2.45) is 5.92 Å². The second-order valence-corrected chi connectivity index (χ2v) is 8.33. The van der Waals surface area contributed by atoms with Crippen molar-refractivity contribution in [1.82, 2.24) is 20.1 Å². The summed E-state index contributed by atoms with van der Waals surface area (Å²) >= 11 is 0. The fourth-order valence-corrected chi connectivity index (χ4v) is 5.08. The van der Waals surface area contributed by atoms with Crippen LogP contribution in [-0.4, -0.2) is 64.9 Å². The second-order valence-electron chi connectivity index (χ2n) is 8.33. The predicted octanol–water partition coefficient (Wildman–Crippen LogP) is 2.28. The van der Waals surface area contributed by atoms with Gasteiger partial charge in [-0.05, 0) is 57.7 Å². The van der Waals surface area contributed by atoms with E-state index >= 15 is 0 Å². The van der Waals surface area contributed by atoms with Crippen LogP contribution >= 0.6 is 0 Å². The molecule has 4 aliphatic heterocycles. The van der Waals surface area contributed by atoms with Crippen molar-refractivity contribution in [3.8, 4) is 0 Å². The number of carbonyl (C=O) groups is 2. The van der Waals surface area contributed by atoms with E-state index in [-0.39, 0.29) is 17.9 Å². The summed E-state index contributed by atoms with van der Waals surface area (Å²) in [4.78, 5) is 34.3. The molecule has 2 aromatic rings. The molecule has 0 aliphatic carbocycles. The number of likely N-dealkylation sites (tertiary alicyclic amines) is 1. The second kappa shape index (κ2) is 6.88. The van der Waals surface area contributed by atoms with E-state index < -0.39 is 0 Å². The molecule has 4 fully saturated rings. The molecule has 4 saturated heterocycles. The van der Waals surface area contributed by atoms with Crippen LogP contribution in [0.5, 0.6) is 0 Å². The fourth-order valence-electron chi connectivity index (χ4n) is 5.08. The number of nitrogens with zero attached hydrogens (tertiary/aromatic N) is 3. The lowest BCUT2D eigenvalue weighted by Gasteiger charge is -2.49. The van der Waals surface area contributed by atoms with Gasteiger partial charge in [0.2, 0.25) is 0 Å². The van der Waals surface area contributed by atoms with Crippen LogP contribution in [0, 0.1) is 5.92 Å². The van der Waals surface area contributed by atoms with Crippen LogP contribution < -0.4 is 5.32 Å². The topological polar surface area (TPSA) is 78.7 Å². The minimum atomic E-state index is -0.173. The van der Waals surface area contributed by atoms with E-state index in [4.69, 9.17) is 4.42 Å². The molecule has 1 N–H and O–H groups in total. The van der Waals surface area contributed by atoms with Crippen molar-refractivity contribution in [2.75, 3.05) is 26.2 Å². The maximum atomic E-state index is 12.9. The molecule has 2 bridgehead atoms. The lowest BCUT2D eigenvalue weighted by atomic mass is 9.79. The molecule has 2 atom stereocenters. The normalized spacial score (nSPS) is 29.4. The summed E-state index contributed by atoms with van der Waals surface area (Å²) in [6.45, 7) is 6.00. The first-order chi connectivity index (χ1) is 13.6. The van der Waals surface area contributed by atoms with Crippen LogP contribution in [0.4, 0.5) is 0 Å². The zero-order chi connectivity index (χ0) is 19.3. The molecule has 2 aromatic heterocycles. The van der Waals surface area contributed by atoms with E-state index in [1.807, 2.05) is 4.90 Å². The number of fused-ring (bicyclic) bond motifs is 4. The molecular formula is C21H26N4O3. The van der Waals surface area contributed by atoms with Gasteiger partial charge >= 0.3 is 0 Å². The third-order valence-corrected chi connectivity index (χ3v) is 6.79. The van der Waals surface area contributed by atoms with E-state index in [1.165, 1.54) is 6.26 Å². The van der Waals surface area contributed by atoms with Gasteiger partial charge < -0.3 is 14.6 Å². The molecule has 7 nitrogen and oxygen atoms in total. The highest BCUT2D eigenvalue weighted by Crippen LogP contribution is 2.32. The summed E-state index contributed by atoms with van der Waals surface area (Å²) < 4.78 is 5.52. The van der Waals surface area contributed by atoms with Crippen molar-refractivity contribution in [2.45, 2.75) is 44.7 Å². The summed E-state index contributed by atoms with van der Waals surface area (Å²) in [5, 5.41) is 3.87. The Balaban J connectivity index is 1.39. The van der Waals surface area contributed by atoms with Gasteiger partial charge in [-0.3, -0.25) is 14.5 Å². The largest absolute Gasteiger partial charge is 0.462 e. The van der Waals surface area contributed by atoms with Gasteiger partial charge in [-0.15, -0.1) is 0 Å². The smallest absolute Gasteiger partial charge is 0.270 e. The van der Waals surface area contributed by atoms with Gasteiger partial charge in [0.05, 0.1) is 11.8 Å². The van der Waals surface area contributed by atoms with Crippen LogP contribution in [0.3, 0.4) is 0 Å². The Morgan fingerprint density at radius 1 is 1.18 bits per heavy atom. The summed E-state index contributed by atoms with van der Waals surface area (Å²) in [6.07, 6.45) is 7.38. The summed E-state index contributed by atoms with van der Waals surface area (Å²) in [7, 11) is 0. The van der Waals surface area contributed by atoms with Gasteiger partial charge in [-0.2, -0.15) is 0 Å². The SMILES string of the molecule is C[C@H]1[C@H](NC(=O)c2cc3c(C(=O)N4CCCC4)coc3cn2)C2CCN1CC2. The van der Waals surface area contributed by atoms with Crippen molar-refractivity contribution in [3.05, 3.63) is 29.8 Å². The van der Waals surface area contributed by atoms with Gasteiger partial charge in [0, 0.05) is 30.6 Å². The minimum Gasteiger partial charge on any atom is -0.462 e.